The maximum Gasteiger partial charge on any atom is 0.102 e. The van der Waals surface area contributed by atoms with Gasteiger partial charge in [-0.2, -0.15) is 0 Å². The molecule has 4 nitrogen and oxygen atoms in total. The lowest BCUT2D eigenvalue weighted by atomic mass is 9.64. The van der Waals surface area contributed by atoms with E-state index in [-0.39, 0.29) is 18.2 Å². The van der Waals surface area contributed by atoms with Gasteiger partial charge in [0.1, 0.15) is 6.10 Å². The third-order valence-electron chi connectivity index (χ3n) is 5.49. The van der Waals surface area contributed by atoms with Crippen LogP contribution >= 0.6 is 0 Å². The second-order valence-corrected chi connectivity index (χ2v) is 7.17. The van der Waals surface area contributed by atoms with Crippen LogP contribution in [0.1, 0.15) is 40.5 Å². The quantitative estimate of drug-likeness (QED) is 0.544. The van der Waals surface area contributed by atoms with Crippen LogP contribution in [0, 0.1) is 35.5 Å². The Morgan fingerprint density at radius 2 is 1.63 bits per heavy atom. The molecule has 1 aliphatic carbocycles. The Morgan fingerprint density at radius 3 is 2.05 bits per heavy atom. The molecule has 0 aromatic rings. The van der Waals surface area contributed by atoms with Crippen LogP contribution < -0.4 is 11.1 Å². The third kappa shape index (κ3) is 2.97. The molecule has 1 saturated carbocycles. The highest BCUT2D eigenvalue weighted by molar-refractivity contribution is 4.96. The fourth-order valence-electron chi connectivity index (χ4n) is 4.76. The molecule has 112 valence electrons. The molecule has 4 N–H and O–H groups in total. The summed E-state index contributed by atoms with van der Waals surface area (Å²) in [7, 11) is 0. The molecule has 1 aliphatic heterocycles. The van der Waals surface area contributed by atoms with E-state index < -0.39 is 0 Å². The minimum absolute atomic E-state index is 0.0640. The van der Waals surface area contributed by atoms with Crippen LogP contribution in [0.3, 0.4) is 0 Å². The first-order valence-corrected chi connectivity index (χ1v) is 7.74. The van der Waals surface area contributed by atoms with Gasteiger partial charge in [-0.15, -0.1) is 0 Å². The monoisotopic (exact) mass is 270 g/mol. The van der Waals surface area contributed by atoms with Crippen molar-refractivity contribution in [2.75, 3.05) is 6.54 Å². The van der Waals surface area contributed by atoms with Crippen LogP contribution in [0.25, 0.3) is 0 Å². The van der Waals surface area contributed by atoms with E-state index in [0.717, 1.165) is 12.5 Å². The Balaban J connectivity index is 2.16. The predicted octanol–water partition coefficient (Wildman–Crippen LogP) is 2.30. The van der Waals surface area contributed by atoms with E-state index in [4.69, 9.17) is 10.6 Å². The normalized spacial score (nSPS) is 49.3. The van der Waals surface area contributed by atoms with Gasteiger partial charge < -0.3 is 11.1 Å². The summed E-state index contributed by atoms with van der Waals surface area (Å²) < 4.78 is 0. The first-order valence-electron chi connectivity index (χ1n) is 7.74. The molecular formula is C15H30N2O2. The van der Waals surface area contributed by atoms with Crippen LogP contribution in [0.15, 0.2) is 0 Å². The average molecular weight is 270 g/mol. The minimum atomic E-state index is -0.141. The number of nitrogens with one attached hydrogen (secondary N) is 1. The fourth-order valence-corrected chi connectivity index (χ4v) is 4.76. The summed E-state index contributed by atoms with van der Waals surface area (Å²) in [6.45, 7) is 10.0. The van der Waals surface area contributed by atoms with Crippen molar-refractivity contribution in [3.63, 3.8) is 0 Å². The van der Waals surface area contributed by atoms with Crippen LogP contribution in [-0.4, -0.2) is 24.1 Å². The molecule has 6 unspecified atom stereocenters. The number of hydrogen-bond acceptors (Lipinski definition) is 4. The molecule has 2 rings (SSSR count). The summed E-state index contributed by atoms with van der Waals surface area (Å²) in [6, 6.07) is 0. The highest BCUT2D eigenvalue weighted by Gasteiger charge is 2.46. The van der Waals surface area contributed by atoms with Crippen molar-refractivity contribution in [1.82, 2.24) is 5.32 Å². The molecule has 1 heterocycles. The van der Waals surface area contributed by atoms with E-state index >= 15 is 0 Å². The summed E-state index contributed by atoms with van der Waals surface area (Å²) in [5.74, 6) is 2.99. The highest BCUT2D eigenvalue weighted by Crippen LogP contribution is 2.44. The highest BCUT2D eigenvalue weighted by atomic mass is 17.1. The zero-order valence-corrected chi connectivity index (χ0v) is 12.7. The van der Waals surface area contributed by atoms with E-state index in [9.17, 15) is 5.26 Å². The topological polar surface area (TPSA) is 67.5 Å². The van der Waals surface area contributed by atoms with E-state index in [1.54, 1.807) is 0 Å². The predicted molar refractivity (Wildman–Crippen MR) is 76.3 cm³/mol. The smallest absolute Gasteiger partial charge is 0.102 e. The lowest BCUT2D eigenvalue weighted by Gasteiger charge is -2.44. The summed E-state index contributed by atoms with van der Waals surface area (Å²) >= 11 is 0. The number of nitrogens with two attached hydrogens (primary N) is 1. The van der Waals surface area contributed by atoms with Gasteiger partial charge in [-0.3, -0.25) is 5.26 Å². The maximum atomic E-state index is 9.49. The lowest BCUT2D eigenvalue weighted by molar-refractivity contribution is -0.314. The van der Waals surface area contributed by atoms with Gasteiger partial charge in [0.25, 0.3) is 0 Å². The zero-order valence-electron chi connectivity index (χ0n) is 12.7. The van der Waals surface area contributed by atoms with E-state index in [1.165, 1.54) is 12.8 Å². The molecule has 0 spiro atoms. The molecule has 1 saturated heterocycles. The van der Waals surface area contributed by atoms with E-state index in [1.807, 2.05) is 0 Å². The van der Waals surface area contributed by atoms with Gasteiger partial charge in [0.15, 0.2) is 0 Å². The van der Waals surface area contributed by atoms with Crippen molar-refractivity contribution in [2.45, 2.75) is 52.8 Å². The molecule has 2 aliphatic rings. The third-order valence-corrected chi connectivity index (χ3v) is 5.49. The van der Waals surface area contributed by atoms with Crippen LogP contribution in [-0.2, 0) is 4.89 Å². The van der Waals surface area contributed by atoms with Crippen molar-refractivity contribution in [3.05, 3.63) is 0 Å². The molecule has 0 bridgehead atoms. The van der Waals surface area contributed by atoms with Gasteiger partial charge in [0.2, 0.25) is 0 Å². The molecule has 4 heteroatoms. The van der Waals surface area contributed by atoms with E-state index in [2.05, 4.69) is 33.0 Å². The molecule has 0 aromatic heterocycles. The average Bonchev–Trinajstić information content (AvgIpc) is 2.64. The maximum absolute atomic E-state index is 9.49. The Hall–Kier alpha value is -0.160. The molecular weight excluding hydrogens is 240 g/mol. The van der Waals surface area contributed by atoms with Gasteiger partial charge in [-0.05, 0) is 49.0 Å². The Labute approximate surface area is 117 Å². The summed E-state index contributed by atoms with van der Waals surface area (Å²) in [4.78, 5) is 4.97. The molecule has 19 heavy (non-hydrogen) atoms. The van der Waals surface area contributed by atoms with Crippen molar-refractivity contribution in [3.8, 4) is 0 Å². The van der Waals surface area contributed by atoms with Gasteiger partial charge >= 0.3 is 0 Å². The van der Waals surface area contributed by atoms with Gasteiger partial charge in [0.05, 0.1) is 6.17 Å². The SMILES string of the molecule is CC1CC(C)C(C(OO)C2C(C)CNC2N)C(C)C1. The van der Waals surface area contributed by atoms with Crippen molar-refractivity contribution >= 4 is 0 Å². The van der Waals surface area contributed by atoms with Crippen LogP contribution in [0.4, 0.5) is 0 Å². The molecule has 0 radical (unpaired) electrons. The lowest BCUT2D eigenvalue weighted by Crippen LogP contribution is -2.49. The van der Waals surface area contributed by atoms with Gasteiger partial charge in [-0.25, -0.2) is 4.89 Å². The summed E-state index contributed by atoms with van der Waals surface area (Å²) in [5.41, 5.74) is 6.17. The standard InChI is InChI=1S/C15H30N2O2/c1-8-5-9(2)12(10(3)6-8)14(19-18)13-11(4)7-17-15(13)16/h8-15,17-18H,5-7,16H2,1-4H3. The Bertz CT molecular complexity index is 278. The van der Waals surface area contributed by atoms with Crippen LogP contribution in [0.2, 0.25) is 0 Å². The zero-order chi connectivity index (χ0) is 14.2. The fraction of sp³-hybridized carbons (Fsp3) is 1.00. The van der Waals surface area contributed by atoms with E-state index in [0.29, 0.717) is 23.7 Å². The van der Waals surface area contributed by atoms with Crippen molar-refractivity contribution < 1.29 is 10.1 Å². The van der Waals surface area contributed by atoms with Crippen LogP contribution in [0.5, 0.6) is 0 Å². The van der Waals surface area contributed by atoms with Crippen molar-refractivity contribution in [1.29, 1.82) is 0 Å². The Morgan fingerprint density at radius 1 is 1.05 bits per heavy atom. The molecule has 0 amide bonds. The molecule has 0 aromatic carbocycles. The van der Waals surface area contributed by atoms with Crippen molar-refractivity contribution in [2.24, 2.45) is 41.2 Å². The minimum Gasteiger partial charge on any atom is -0.316 e. The molecule has 2 fully saturated rings. The largest absolute Gasteiger partial charge is 0.316 e. The Kier molecular flexibility index (Phi) is 4.88. The number of rotatable bonds is 3. The van der Waals surface area contributed by atoms with Gasteiger partial charge in [-0.1, -0.05) is 27.7 Å². The second kappa shape index (κ2) is 6.08. The first-order chi connectivity index (χ1) is 8.95. The molecule has 6 atom stereocenters. The second-order valence-electron chi connectivity index (χ2n) is 7.17. The first kappa shape index (κ1) is 15.2. The summed E-state index contributed by atoms with van der Waals surface area (Å²) in [6.07, 6.45) is 2.24. The summed E-state index contributed by atoms with van der Waals surface area (Å²) in [5, 5.41) is 12.8. The number of hydrogen-bond donors (Lipinski definition) is 3. The van der Waals surface area contributed by atoms with Gasteiger partial charge in [0, 0.05) is 5.92 Å².